The van der Waals surface area contributed by atoms with Crippen molar-refractivity contribution < 1.29 is 22.7 Å². The molecule has 0 aliphatic carbocycles. The molecular weight excluding hydrogens is 285 g/mol. The number of ether oxygens (including phenoxy) is 1. The minimum absolute atomic E-state index is 0.305. The maximum atomic E-state index is 12.6. The second kappa shape index (κ2) is 6.85. The number of hydrogen-bond donors (Lipinski definition) is 1. The SMILES string of the molecule is CCN1CC(CC(F)(F)F)CC(NC(=O)OC(C)(C)C)C1. The van der Waals surface area contributed by atoms with Crippen molar-refractivity contribution >= 4 is 6.09 Å². The van der Waals surface area contributed by atoms with E-state index in [2.05, 4.69) is 5.32 Å². The fraction of sp³-hybridized carbons (Fsp3) is 0.929. The Hall–Kier alpha value is -0.980. The highest BCUT2D eigenvalue weighted by Crippen LogP contribution is 2.30. The van der Waals surface area contributed by atoms with Crippen LogP contribution in [0.4, 0.5) is 18.0 Å². The summed E-state index contributed by atoms with van der Waals surface area (Å²) in [5.74, 6) is -0.487. The first kappa shape index (κ1) is 18.1. The third-order valence-electron chi connectivity index (χ3n) is 3.30. The maximum absolute atomic E-state index is 12.6. The summed E-state index contributed by atoms with van der Waals surface area (Å²) in [6.07, 6.45) is -5.22. The molecule has 1 aliphatic rings. The fourth-order valence-electron chi connectivity index (χ4n) is 2.61. The molecule has 1 heterocycles. The number of piperidine rings is 1. The van der Waals surface area contributed by atoms with E-state index < -0.39 is 30.2 Å². The number of alkyl halides is 3. The predicted octanol–water partition coefficient (Wildman–Crippen LogP) is 3.17. The van der Waals surface area contributed by atoms with Crippen LogP contribution in [0.5, 0.6) is 0 Å². The maximum Gasteiger partial charge on any atom is 0.407 e. The Kier molecular flexibility index (Phi) is 5.90. The lowest BCUT2D eigenvalue weighted by Gasteiger charge is -2.38. The molecule has 0 aromatic carbocycles. The molecule has 0 aromatic heterocycles. The number of rotatable bonds is 3. The first-order chi connectivity index (χ1) is 9.48. The monoisotopic (exact) mass is 310 g/mol. The van der Waals surface area contributed by atoms with Crippen LogP contribution in [-0.4, -0.2) is 48.4 Å². The Morgan fingerprint density at radius 2 is 1.90 bits per heavy atom. The molecular formula is C14H25F3N2O2. The first-order valence-electron chi connectivity index (χ1n) is 7.27. The van der Waals surface area contributed by atoms with Crippen LogP contribution >= 0.6 is 0 Å². The molecule has 1 saturated heterocycles. The van der Waals surface area contributed by atoms with Gasteiger partial charge in [0, 0.05) is 25.6 Å². The summed E-state index contributed by atoms with van der Waals surface area (Å²) < 4.78 is 42.8. The Bertz CT molecular complexity index is 353. The third kappa shape index (κ3) is 7.55. The molecule has 0 spiro atoms. The summed E-state index contributed by atoms with van der Waals surface area (Å²) in [6, 6.07) is -0.305. The Labute approximate surface area is 124 Å². The number of likely N-dealkylation sites (N-methyl/N-ethyl adjacent to an activating group) is 1. The van der Waals surface area contributed by atoms with Crippen LogP contribution in [0.25, 0.3) is 0 Å². The molecule has 2 atom stereocenters. The molecule has 124 valence electrons. The van der Waals surface area contributed by atoms with E-state index in [4.69, 9.17) is 4.74 Å². The number of likely N-dealkylation sites (tertiary alicyclic amines) is 1. The van der Waals surface area contributed by atoms with Crippen LogP contribution in [0, 0.1) is 5.92 Å². The number of alkyl carbamates (subject to hydrolysis) is 1. The molecule has 0 radical (unpaired) electrons. The predicted molar refractivity (Wildman–Crippen MR) is 74.1 cm³/mol. The average Bonchev–Trinajstić information content (AvgIpc) is 2.22. The summed E-state index contributed by atoms with van der Waals surface area (Å²) >= 11 is 0. The highest BCUT2D eigenvalue weighted by molar-refractivity contribution is 5.68. The van der Waals surface area contributed by atoms with Crippen LogP contribution in [0.15, 0.2) is 0 Å². The lowest BCUT2D eigenvalue weighted by molar-refractivity contribution is -0.148. The van der Waals surface area contributed by atoms with E-state index in [1.54, 1.807) is 20.8 Å². The van der Waals surface area contributed by atoms with Gasteiger partial charge in [0.15, 0.2) is 0 Å². The highest BCUT2D eigenvalue weighted by atomic mass is 19.4. The van der Waals surface area contributed by atoms with Gasteiger partial charge in [-0.2, -0.15) is 13.2 Å². The molecule has 2 unspecified atom stereocenters. The number of carbonyl (C=O) groups is 1. The zero-order chi connectivity index (χ0) is 16.3. The molecule has 1 rings (SSSR count). The van der Waals surface area contributed by atoms with Gasteiger partial charge in [0.1, 0.15) is 5.60 Å². The van der Waals surface area contributed by atoms with Crippen molar-refractivity contribution in [2.45, 2.75) is 58.4 Å². The largest absolute Gasteiger partial charge is 0.444 e. The van der Waals surface area contributed by atoms with Crippen molar-refractivity contribution in [1.82, 2.24) is 10.2 Å². The van der Waals surface area contributed by atoms with E-state index in [9.17, 15) is 18.0 Å². The van der Waals surface area contributed by atoms with E-state index in [1.807, 2.05) is 11.8 Å². The number of halogens is 3. The summed E-state index contributed by atoms with van der Waals surface area (Å²) in [5, 5.41) is 2.69. The molecule has 1 fully saturated rings. The van der Waals surface area contributed by atoms with Crippen LogP contribution in [0.2, 0.25) is 0 Å². The second-order valence-electron chi connectivity index (χ2n) is 6.62. The van der Waals surface area contributed by atoms with Gasteiger partial charge in [-0.05, 0) is 39.7 Å². The van der Waals surface area contributed by atoms with Crippen LogP contribution in [-0.2, 0) is 4.74 Å². The van der Waals surface area contributed by atoms with Gasteiger partial charge in [0.25, 0.3) is 0 Å². The van der Waals surface area contributed by atoms with Gasteiger partial charge < -0.3 is 15.0 Å². The van der Waals surface area contributed by atoms with Gasteiger partial charge in [0.2, 0.25) is 0 Å². The smallest absolute Gasteiger partial charge is 0.407 e. The zero-order valence-electron chi connectivity index (χ0n) is 13.1. The van der Waals surface area contributed by atoms with Crippen molar-refractivity contribution in [3.63, 3.8) is 0 Å². The van der Waals surface area contributed by atoms with Crippen molar-refractivity contribution in [2.24, 2.45) is 5.92 Å². The molecule has 7 heteroatoms. The minimum atomic E-state index is -4.17. The van der Waals surface area contributed by atoms with Gasteiger partial charge in [0.05, 0.1) is 0 Å². The summed E-state index contributed by atoms with van der Waals surface area (Å²) in [6.45, 7) is 8.79. The topological polar surface area (TPSA) is 41.6 Å². The molecule has 1 amide bonds. The van der Waals surface area contributed by atoms with Crippen molar-refractivity contribution in [3.05, 3.63) is 0 Å². The van der Waals surface area contributed by atoms with Gasteiger partial charge in [-0.15, -0.1) is 0 Å². The molecule has 1 N–H and O–H groups in total. The lowest BCUT2D eigenvalue weighted by atomic mass is 9.91. The minimum Gasteiger partial charge on any atom is -0.444 e. The standard InChI is InChI=1S/C14H25F3N2O2/c1-5-19-8-10(7-14(15,16)17)6-11(9-19)18-12(20)21-13(2,3)4/h10-11H,5-9H2,1-4H3,(H,18,20). The lowest BCUT2D eigenvalue weighted by Crippen LogP contribution is -2.52. The van der Waals surface area contributed by atoms with Crippen LogP contribution < -0.4 is 5.32 Å². The van der Waals surface area contributed by atoms with Crippen molar-refractivity contribution in [2.75, 3.05) is 19.6 Å². The summed E-state index contributed by atoms with van der Waals surface area (Å²) in [7, 11) is 0. The van der Waals surface area contributed by atoms with Gasteiger partial charge in [-0.25, -0.2) is 4.79 Å². The molecule has 1 aliphatic heterocycles. The van der Waals surface area contributed by atoms with Gasteiger partial charge in [-0.1, -0.05) is 6.92 Å². The molecule has 0 saturated carbocycles. The van der Waals surface area contributed by atoms with Crippen molar-refractivity contribution in [1.29, 1.82) is 0 Å². The molecule has 0 bridgehead atoms. The van der Waals surface area contributed by atoms with E-state index in [0.29, 0.717) is 26.1 Å². The fourth-order valence-corrected chi connectivity index (χ4v) is 2.61. The van der Waals surface area contributed by atoms with E-state index >= 15 is 0 Å². The molecule has 4 nitrogen and oxygen atoms in total. The van der Waals surface area contributed by atoms with Gasteiger partial charge in [-0.3, -0.25) is 0 Å². The summed E-state index contributed by atoms with van der Waals surface area (Å²) in [4.78, 5) is 13.7. The average molecular weight is 310 g/mol. The highest BCUT2D eigenvalue weighted by Gasteiger charge is 2.37. The van der Waals surface area contributed by atoms with E-state index in [-0.39, 0.29) is 6.04 Å². The van der Waals surface area contributed by atoms with Crippen molar-refractivity contribution in [3.8, 4) is 0 Å². The van der Waals surface area contributed by atoms with Crippen LogP contribution in [0.1, 0.15) is 40.5 Å². The number of carbonyl (C=O) groups excluding carboxylic acids is 1. The van der Waals surface area contributed by atoms with E-state index in [1.165, 1.54) is 0 Å². The van der Waals surface area contributed by atoms with Gasteiger partial charge >= 0.3 is 12.3 Å². The number of hydrogen-bond acceptors (Lipinski definition) is 3. The zero-order valence-corrected chi connectivity index (χ0v) is 13.1. The summed E-state index contributed by atoms with van der Waals surface area (Å²) in [5.41, 5.74) is -0.617. The third-order valence-corrected chi connectivity index (χ3v) is 3.30. The quantitative estimate of drug-likeness (QED) is 0.870. The normalized spacial score (nSPS) is 24.7. The Balaban J connectivity index is 2.58. The molecule has 21 heavy (non-hydrogen) atoms. The Morgan fingerprint density at radius 3 is 2.38 bits per heavy atom. The number of amides is 1. The number of nitrogens with zero attached hydrogens (tertiary/aromatic N) is 1. The first-order valence-corrected chi connectivity index (χ1v) is 7.27. The second-order valence-corrected chi connectivity index (χ2v) is 6.62. The van der Waals surface area contributed by atoms with Crippen LogP contribution in [0.3, 0.4) is 0 Å². The number of nitrogens with one attached hydrogen (secondary N) is 1. The van der Waals surface area contributed by atoms with E-state index in [0.717, 1.165) is 0 Å². The molecule has 0 aromatic rings. The Morgan fingerprint density at radius 1 is 1.29 bits per heavy atom.